The molecule has 15 heavy (non-hydrogen) atoms. The highest BCUT2D eigenvalue weighted by molar-refractivity contribution is 9.10. The van der Waals surface area contributed by atoms with Crippen molar-refractivity contribution in [1.29, 1.82) is 0 Å². The number of nitrogens with two attached hydrogens (primary N) is 1. The summed E-state index contributed by atoms with van der Waals surface area (Å²) in [7, 11) is 0. The van der Waals surface area contributed by atoms with E-state index in [4.69, 9.17) is 5.73 Å². The molecule has 0 aliphatic carbocycles. The van der Waals surface area contributed by atoms with Crippen molar-refractivity contribution in [2.75, 3.05) is 5.73 Å². The lowest BCUT2D eigenvalue weighted by atomic mass is 10.1. The van der Waals surface area contributed by atoms with E-state index in [1.165, 1.54) is 5.56 Å². The average molecular weight is 266 g/mol. The molecule has 0 atom stereocenters. The predicted molar refractivity (Wildman–Crippen MR) is 64.6 cm³/mol. The summed E-state index contributed by atoms with van der Waals surface area (Å²) in [4.78, 5) is 6.98. The van der Waals surface area contributed by atoms with Crippen LogP contribution in [-0.4, -0.2) is 9.97 Å². The first-order valence-electron chi connectivity index (χ1n) is 4.78. The van der Waals surface area contributed by atoms with E-state index >= 15 is 0 Å². The van der Waals surface area contributed by atoms with Crippen molar-refractivity contribution in [3.63, 3.8) is 0 Å². The lowest BCUT2D eigenvalue weighted by Crippen LogP contribution is -1.92. The van der Waals surface area contributed by atoms with Crippen LogP contribution < -0.4 is 5.73 Å². The lowest BCUT2D eigenvalue weighted by Gasteiger charge is -2.00. The number of halogens is 1. The third-order valence-corrected chi connectivity index (χ3v) is 2.71. The SMILES string of the molecule is Nc1ncc(CCc2cccc(Br)c2)[nH]1. The minimum Gasteiger partial charge on any atom is -0.369 e. The summed E-state index contributed by atoms with van der Waals surface area (Å²) in [6, 6.07) is 8.31. The zero-order valence-electron chi connectivity index (χ0n) is 8.20. The normalized spacial score (nSPS) is 10.5. The molecule has 4 heteroatoms. The molecule has 1 aromatic heterocycles. The minimum atomic E-state index is 0.485. The van der Waals surface area contributed by atoms with Crippen molar-refractivity contribution in [1.82, 2.24) is 9.97 Å². The van der Waals surface area contributed by atoms with Gasteiger partial charge in [-0.1, -0.05) is 28.1 Å². The van der Waals surface area contributed by atoms with Crippen LogP contribution in [-0.2, 0) is 12.8 Å². The quantitative estimate of drug-likeness (QED) is 0.896. The van der Waals surface area contributed by atoms with Crippen molar-refractivity contribution in [3.05, 3.63) is 46.2 Å². The van der Waals surface area contributed by atoms with Crippen molar-refractivity contribution >= 4 is 21.9 Å². The van der Waals surface area contributed by atoms with Gasteiger partial charge in [0, 0.05) is 10.2 Å². The molecule has 0 radical (unpaired) electrons. The maximum Gasteiger partial charge on any atom is 0.197 e. The number of hydrogen-bond donors (Lipinski definition) is 2. The van der Waals surface area contributed by atoms with Gasteiger partial charge in [-0.15, -0.1) is 0 Å². The van der Waals surface area contributed by atoms with Crippen LogP contribution in [0.3, 0.4) is 0 Å². The molecule has 0 saturated heterocycles. The molecule has 78 valence electrons. The van der Waals surface area contributed by atoms with E-state index in [1.807, 2.05) is 12.1 Å². The topological polar surface area (TPSA) is 54.7 Å². The molecule has 0 aliphatic heterocycles. The Hall–Kier alpha value is -1.29. The van der Waals surface area contributed by atoms with Gasteiger partial charge in [0.25, 0.3) is 0 Å². The number of H-pyrrole nitrogens is 1. The first kappa shape index (κ1) is 10.2. The molecule has 0 aliphatic rings. The number of rotatable bonds is 3. The van der Waals surface area contributed by atoms with E-state index in [0.717, 1.165) is 23.0 Å². The molecule has 0 amide bonds. The van der Waals surface area contributed by atoms with E-state index in [1.54, 1.807) is 6.20 Å². The summed E-state index contributed by atoms with van der Waals surface area (Å²) in [6.45, 7) is 0. The second-order valence-corrected chi connectivity index (χ2v) is 4.34. The van der Waals surface area contributed by atoms with E-state index in [0.29, 0.717) is 5.95 Å². The molecular weight excluding hydrogens is 254 g/mol. The highest BCUT2D eigenvalue weighted by Crippen LogP contribution is 2.13. The van der Waals surface area contributed by atoms with Crippen LogP contribution in [0.5, 0.6) is 0 Å². The largest absolute Gasteiger partial charge is 0.369 e. The number of nitrogen functional groups attached to an aromatic ring is 1. The fraction of sp³-hybridized carbons (Fsp3) is 0.182. The third-order valence-electron chi connectivity index (χ3n) is 2.22. The van der Waals surface area contributed by atoms with Gasteiger partial charge in [0.2, 0.25) is 0 Å². The van der Waals surface area contributed by atoms with E-state index < -0.39 is 0 Å². The van der Waals surface area contributed by atoms with E-state index in [2.05, 4.69) is 38.0 Å². The monoisotopic (exact) mass is 265 g/mol. The molecule has 0 fully saturated rings. The van der Waals surface area contributed by atoms with Crippen LogP contribution in [0.15, 0.2) is 34.9 Å². The molecule has 0 saturated carbocycles. The molecule has 1 heterocycles. The second-order valence-electron chi connectivity index (χ2n) is 3.42. The predicted octanol–water partition coefficient (Wildman–Crippen LogP) is 2.54. The van der Waals surface area contributed by atoms with Gasteiger partial charge in [-0.2, -0.15) is 0 Å². The summed E-state index contributed by atoms with van der Waals surface area (Å²) in [5.74, 6) is 0.485. The Morgan fingerprint density at radius 1 is 1.33 bits per heavy atom. The third kappa shape index (κ3) is 2.83. The maximum atomic E-state index is 5.50. The van der Waals surface area contributed by atoms with Gasteiger partial charge in [0.05, 0.1) is 6.20 Å². The summed E-state index contributed by atoms with van der Waals surface area (Å²) in [5.41, 5.74) is 7.88. The highest BCUT2D eigenvalue weighted by atomic mass is 79.9. The Morgan fingerprint density at radius 2 is 2.20 bits per heavy atom. The van der Waals surface area contributed by atoms with Gasteiger partial charge in [0.15, 0.2) is 5.95 Å². The van der Waals surface area contributed by atoms with Crippen LogP contribution in [0.25, 0.3) is 0 Å². The van der Waals surface area contributed by atoms with Gasteiger partial charge in [-0.05, 0) is 30.5 Å². The Morgan fingerprint density at radius 3 is 2.87 bits per heavy atom. The van der Waals surface area contributed by atoms with Crippen LogP contribution >= 0.6 is 15.9 Å². The molecule has 0 bridgehead atoms. The fourth-order valence-corrected chi connectivity index (χ4v) is 1.92. The Bertz CT molecular complexity index is 451. The number of aromatic nitrogens is 2. The van der Waals surface area contributed by atoms with Crippen LogP contribution in [0.4, 0.5) is 5.95 Å². The van der Waals surface area contributed by atoms with Gasteiger partial charge in [-0.25, -0.2) is 4.98 Å². The molecule has 3 N–H and O–H groups in total. The number of aryl methyl sites for hydroxylation is 2. The average Bonchev–Trinajstić information content (AvgIpc) is 2.62. The molecule has 2 rings (SSSR count). The molecule has 0 spiro atoms. The molecule has 0 unspecified atom stereocenters. The highest BCUT2D eigenvalue weighted by Gasteiger charge is 1.99. The van der Waals surface area contributed by atoms with Gasteiger partial charge in [-0.3, -0.25) is 0 Å². The number of aromatic amines is 1. The van der Waals surface area contributed by atoms with Gasteiger partial charge >= 0.3 is 0 Å². The number of anilines is 1. The Labute approximate surface area is 96.9 Å². The number of benzene rings is 1. The molecule has 1 aromatic carbocycles. The van der Waals surface area contributed by atoms with Gasteiger partial charge < -0.3 is 10.7 Å². The summed E-state index contributed by atoms with van der Waals surface area (Å²) >= 11 is 3.45. The minimum absolute atomic E-state index is 0.485. The van der Waals surface area contributed by atoms with Crippen molar-refractivity contribution in [2.45, 2.75) is 12.8 Å². The maximum absolute atomic E-state index is 5.50. The lowest BCUT2D eigenvalue weighted by molar-refractivity contribution is 0.926. The number of nitrogens with one attached hydrogen (secondary N) is 1. The van der Waals surface area contributed by atoms with Crippen LogP contribution in [0, 0.1) is 0 Å². The first-order valence-corrected chi connectivity index (χ1v) is 5.57. The van der Waals surface area contributed by atoms with Crippen LogP contribution in [0.2, 0.25) is 0 Å². The summed E-state index contributed by atoms with van der Waals surface area (Å²) in [5, 5.41) is 0. The number of imidazole rings is 1. The smallest absolute Gasteiger partial charge is 0.197 e. The van der Waals surface area contributed by atoms with Crippen LogP contribution in [0.1, 0.15) is 11.3 Å². The van der Waals surface area contributed by atoms with E-state index in [-0.39, 0.29) is 0 Å². The standard InChI is InChI=1S/C11H12BrN3/c12-9-3-1-2-8(6-9)4-5-10-7-14-11(13)15-10/h1-3,6-7H,4-5H2,(H3,13,14,15). The zero-order valence-corrected chi connectivity index (χ0v) is 9.79. The molecular formula is C11H12BrN3. The first-order chi connectivity index (χ1) is 7.24. The Kier molecular flexibility index (Phi) is 3.06. The summed E-state index contributed by atoms with van der Waals surface area (Å²) < 4.78 is 1.11. The van der Waals surface area contributed by atoms with Crippen molar-refractivity contribution in [3.8, 4) is 0 Å². The van der Waals surface area contributed by atoms with Crippen molar-refractivity contribution < 1.29 is 0 Å². The Balaban J connectivity index is 1.99. The van der Waals surface area contributed by atoms with Crippen molar-refractivity contribution in [2.24, 2.45) is 0 Å². The fourth-order valence-electron chi connectivity index (χ4n) is 1.48. The molecule has 2 aromatic rings. The molecule has 3 nitrogen and oxygen atoms in total. The summed E-state index contributed by atoms with van der Waals surface area (Å²) in [6.07, 6.45) is 3.70. The number of nitrogens with zero attached hydrogens (tertiary/aromatic N) is 1. The van der Waals surface area contributed by atoms with Gasteiger partial charge in [0.1, 0.15) is 0 Å². The van der Waals surface area contributed by atoms with E-state index in [9.17, 15) is 0 Å². The number of hydrogen-bond acceptors (Lipinski definition) is 2. The zero-order chi connectivity index (χ0) is 10.7. The second kappa shape index (κ2) is 4.49.